The molecule has 0 bridgehead atoms. The number of aromatic nitrogens is 2. The van der Waals surface area contributed by atoms with Crippen LogP contribution in [0.3, 0.4) is 0 Å². The average molecular weight is 420 g/mol. The van der Waals surface area contributed by atoms with Crippen LogP contribution in [0.15, 0.2) is 15.8 Å². The number of aliphatic hydroxyl groups excluding tert-OH is 1. The molecule has 0 amide bonds. The highest BCUT2D eigenvalue weighted by Gasteiger charge is 2.40. The molecule has 0 radical (unpaired) electrons. The molecule has 2 heterocycles. The highest BCUT2D eigenvalue weighted by Crippen LogP contribution is 2.35. The molecular formula is C17H29N3O7S. The Morgan fingerprint density at radius 1 is 1.39 bits per heavy atom. The van der Waals surface area contributed by atoms with Crippen LogP contribution in [0, 0.1) is 11.8 Å². The lowest BCUT2D eigenvalue weighted by Gasteiger charge is -2.27. The van der Waals surface area contributed by atoms with E-state index in [1.54, 1.807) is 0 Å². The van der Waals surface area contributed by atoms with Crippen LogP contribution in [0.5, 0.6) is 0 Å². The standard InChI is InChI=1S/C17H29N3O7S/c1-4-10(2)11(3)15-13(21)7-14(27-15)20-9-12(16(22)19-17(20)23)8-18-5-6-28(24,25)26/h9-11,13-15,18,21H,4-8H2,1-3H3,(H,19,22,23)(H,24,25,26). The Morgan fingerprint density at radius 3 is 2.68 bits per heavy atom. The summed E-state index contributed by atoms with van der Waals surface area (Å²) in [4.78, 5) is 26.4. The third-order valence-electron chi connectivity index (χ3n) is 5.40. The molecule has 5 atom stereocenters. The van der Waals surface area contributed by atoms with Crippen molar-refractivity contribution in [1.29, 1.82) is 0 Å². The third-order valence-corrected chi connectivity index (χ3v) is 6.12. The first-order chi connectivity index (χ1) is 13.0. The summed E-state index contributed by atoms with van der Waals surface area (Å²) in [5.41, 5.74) is -1.02. The van der Waals surface area contributed by atoms with E-state index in [9.17, 15) is 23.1 Å². The number of nitrogens with one attached hydrogen (secondary N) is 2. The molecule has 1 fully saturated rings. The maximum atomic E-state index is 12.2. The van der Waals surface area contributed by atoms with Crippen molar-refractivity contribution < 1.29 is 22.8 Å². The number of H-pyrrole nitrogens is 1. The van der Waals surface area contributed by atoms with Gasteiger partial charge in [-0.1, -0.05) is 27.2 Å². The molecule has 10 nitrogen and oxygen atoms in total. The number of hydrogen-bond acceptors (Lipinski definition) is 7. The highest BCUT2D eigenvalue weighted by molar-refractivity contribution is 7.85. The zero-order valence-corrected chi connectivity index (χ0v) is 17.1. The van der Waals surface area contributed by atoms with Gasteiger partial charge >= 0.3 is 5.69 Å². The molecule has 1 aromatic heterocycles. The Morgan fingerprint density at radius 2 is 2.07 bits per heavy atom. The second-order valence-corrected chi connectivity index (χ2v) is 8.96. The molecule has 5 unspecified atom stereocenters. The molecule has 1 aromatic rings. The molecule has 1 saturated heterocycles. The molecule has 11 heteroatoms. The van der Waals surface area contributed by atoms with Gasteiger partial charge in [-0.05, 0) is 11.8 Å². The van der Waals surface area contributed by atoms with Gasteiger partial charge in [-0.3, -0.25) is 18.9 Å². The van der Waals surface area contributed by atoms with Gasteiger partial charge in [-0.2, -0.15) is 8.42 Å². The fourth-order valence-electron chi connectivity index (χ4n) is 3.31. The first-order valence-corrected chi connectivity index (χ1v) is 11.0. The molecule has 160 valence electrons. The van der Waals surface area contributed by atoms with Gasteiger partial charge in [0.1, 0.15) is 6.23 Å². The van der Waals surface area contributed by atoms with Gasteiger partial charge in [0.15, 0.2) is 0 Å². The zero-order valence-electron chi connectivity index (χ0n) is 16.3. The molecular weight excluding hydrogens is 390 g/mol. The largest absolute Gasteiger partial charge is 0.390 e. The maximum Gasteiger partial charge on any atom is 0.330 e. The smallest absolute Gasteiger partial charge is 0.330 e. The van der Waals surface area contributed by atoms with E-state index in [0.29, 0.717) is 5.92 Å². The summed E-state index contributed by atoms with van der Waals surface area (Å²) in [6, 6.07) is 0. The number of aromatic amines is 1. The van der Waals surface area contributed by atoms with E-state index in [1.807, 2.05) is 6.92 Å². The van der Waals surface area contributed by atoms with Gasteiger partial charge in [-0.25, -0.2) is 4.79 Å². The van der Waals surface area contributed by atoms with Crippen molar-refractivity contribution >= 4 is 10.1 Å². The molecule has 1 aliphatic rings. The van der Waals surface area contributed by atoms with E-state index in [4.69, 9.17) is 9.29 Å². The van der Waals surface area contributed by atoms with Gasteiger partial charge in [0.2, 0.25) is 0 Å². The fraction of sp³-hybridized carbons (Fsp3) is 0.765. The van der Waals surface area contributed by atoms with E-state index in [0.717, 1.165) is 6.42 Å². The number of nitrogens with zero attached hydrogens (tertiary/aromatic N) is 1. The van der Waals surface area contributed by atoms with E-state index in [2.05, 4.69) is 24.1 Å². The second kappa shape index (κ2) is 9.31. The first kappa shape index (κ1) is 22.8. The average Bonchev–Trinajstić information content (AvgIpc) is 2.99. The quantitative estimate of drug-likeness (QED) is 0.319. The van der Waals surface area contributed by atoms with Crippen molar-refractivity contribution in [2.45, 2.75) is 58.6 Å². The van der Waals surface area contributed by atoms with Crippen LogP contribution in [0.2, 0.25) is 0 Å². The second-order valence-electron chi connectivity index (χ2n) is 7.39. The Labute approximate surface area is 163 Å². The summed E-state index contributed by atoms with van der Waals surface area (Å²) in [6.07, 6.45) is 0.699. The fourth-order valence-corrected chi connectivity index (χ4v) is 3.71. The van der Waals surface area contributed by atoms with Gasteiger partial charge in [0.05, 0.1) is 18.0 Å². The summed E-state index contributed by atoms with van der Waals surface area (Å²) < 4.78 is 37.4. The normalized spacial score (nSPS) is 25.0. The molecule has 2 rings (SSSR count). The lowest BCUT2D eigenvalue weighted by Crippen LogP contribution is -2.36. The Bertz CT molecular complexity index is 879. The van der Waals surface area contributed by atoms with Crippen molar-refractivity contribution in [3.05, 3.63) is 32.6 Å². The molecule has 0 aliphatic carbocycles. The minimum Gasteiger partial charge on any atom is -0.390 e. The summed E-state index contributed by atoms with van der Waals surface area (Å²) in [5, 5.41) is 13.1. The predicted molar refractivity (Wildman–Crippen MR) is 103 cm³/mol. The van der Waals surface area contributed by atoms with Crippen LogP contribution < -0.4 is 16.6 Å². The lowest BCUT2D eigenvalue weighted by molar-refractivity contribution is -0.0582. The molecule has 28 heavy (non-hydrogen) atoms. The summed E-state index contributed by atoms with van der Waals surface area (Å²) in [6.45, 7) is 6.10. The molecule has 0 spiro atoms. The van der Waals surface area contributed by atoms with Crippen molar-refractivity contribution in [3.63, 3.8) is 0 Å². The van der Waals surface area contributed by atoms with Crippen LogP contribution in [0.4, 0.5) is 0 Å². The summed E-state index contributed by atoms with van der Waals surface area (Å²) in [5.74, 6) is -0.0456. The molecule has 4 N–H and O–H groups in total. The zero-order chi connectivity index (χ0) is 21.1. The predicted octanol–water partition coefficient (Wildman–Crippen LogP) is -0.155. The van der Waals surface area contributed by atoms with Crippen molar-refractivity contribution in [1.82, 2.24) is 14.9 Å². The van der Waals surface area contributed by atoms with Crippen LogP contribution in [-0.2, 0) is 21.4 Å². The highest BCUT2D eigenvalue weighted by atomic mass is 32.2. The monoisotopic (exact) mass is 419 g/mol. The molecule has 0 aromatic carbocycles. The van der Waals surface area contributed by atoms with Gasteiger partial charge in [-0.15, -0.1) is 0 Å². The number of hydrogen-bond donors (Lipinski definition) is 4. The first-order valence-electron chi connectivity index (χ1n) is 9.37. The Balaban J connectivity index is 2.13. The van der Waals surface area contributed by atoms with Crippen LogP contribution >= 0.6 is 0 Å². The van der Waals surface area contributed by atoms with Crippen LogP contribution in [0.1, 0.15) is 45.4 Å². The Kier molecular flexibility index (Phi) is 7.57. The minimum atomic E-state index is -4.10. The Hall–Kier alpha value is -1.53. The molecule has 1 aliphatic heterocycles. The lowest BCUT2D eigenvalue weighted by atomic mass is 9.86. The van der Waals surface area contributed by atoms with Gasteiger partial charge in [0.25, 0.3) is 15.7 Å². The summed E-state index contributed by atoms with van der Waals surface area (Å²) in [7, 11) is -4.10. The van der Waals surface area contributed by atoms with E-state index >= 15 is 0 Å². The third kappa shape index (κ3) is 5.74. The van der Waals surface area contributed by atoms with Gasteiger partial charge < -0.3 is 15.2 Å². The topological polar surface area (TPSA) is 151 Å². The number of rotatable bonds is 9. The number of ether oxygens (including phenoxy) is 1. The SMILES string of the molecule is CCC(C)C(C)C1OC(n2cc(CNCCS(=O)(=O)O)c(=O)[nH]c2=O)CC1O. The maximum absolute atomic E-state index is 12.2. The molecule has 0 saturated carbocycles. The summed E-state index contributed by atoms with van der Waals surface area (Å²) >= 11 is 0. The van der Waals surface area contributed by atoms with E-state index in [1.165, 1.54) is 10.8 Å². The van der Waals surface area contributed by atoms with Gasteiger partial charge in [0, 0.05) is 31.3 Å². The van der Waals surface area contributed by atoms with Crippen LogP contribution in [0.25, 0.3) is 0 Å². The van der Waals surface area contributed by atoms with E-state index in [-0.39, 0.29) is 31.0 Å². The minimum absolute atomic E-state index is 0.00705. The number of aliphatic hydroxyl groups is 1. The van der Waals surface area contributed by atoms with Crippen molar-refractivity contribution in [3.8, 4) is 0 Å². The van der Waals surface area contributed by atoms with Crippen molar-refractivity contribution in [2.75, 3.05) is 12.3 Å². The van der Waals surface area contributed by atoms with E-state index < -0.39 is 45.6 Å². The van der Waals surface area contributed by atoms with Crippen molar-refractivity contribution in [2.24, 2.45) is 11.8 Å². The van der Waals surface area contributed by atoms with Crippen LogP contribution in [-0.4, -0.2) is 52.1 Å².